The van der Waals surface area contributed by atoms with E-state index in [4.69, 9.17) is 0 Å². The molecule has 1 fully saturated rings. The van der Waals surface area contributed by atoms with Gasteiger partial charge in [0, 0.05) is 18.4 Å². The van der Waals surface area contributed by atoms with Gasteiger partial charge in [0.25, 0.3) is 0 Å². The van der Waals surface area contributed by atoms with Gasteiger partial charge in [-0.1, -0.05) is 32.9 Å². The van der Waals surface area contributed by atoms with Crippen LogP contribution < -0.4 is 5.32 Å². The van der Waals surface area contributed by atoms with Gasteiger partial charge >= 0.3 is 0 Å². The third-order valence-electron chi connectivity index (χ3n) is 3.05. The summed E-state index contributed by atoms with van der Waals surface area (Å²) in [5.74, 6) is 0.675. The molecule has 1 amide bonds. The van der Waals surface area contributed by atoms with Gasteiger partial charge in [-0.2, -0.15) is 0 Å². The minimum atomic E-state index is 0.113. The molecule has 74 valence electrons. The summed E-state index contributed by atoms with van der Waals surface area (Å²) in [5, 5.41) is 2.91. The predicted octanol–water partition coefficient (Wildman–Crippen LogP) is 2.11. The molecule has 0 aromatic rings. The van der Waals surface area contributed by atoms with E-state index < -0.39 is 0 Å². The Hall–Kier alpha value is -0.790. The highest BCUT2D eigenvalue weighted by molar-refractivity contribution is 5.77. The molecule has 1 atom stereocenters. The molecule has 1 unspecified atom stereocenters. The lowest BCUT2D eigenvalue weighted by molar-refractivity contribution is -0.123. The normalized spacial score (nSPS) is 28.8. The van der Waals surface area contributed by atoms with Crippen LogP contribution in [0.4, 0.5) is 0 Å². The molecule has 1 N–H and O–H groups in total. The molecule has 1 heterocycles. The molecule has 1 saturated heterocycles. The average Bonchev–Trinajstić information content (AvgIpc) is 2.09. The van der Waals surface area contributed by atoms with E-state index in [-0.39, 0.29) is 11.3 Å². The zero-order valence-electron chi connectivity index (χ0n) is 8.81. The van der Waals surface area contributed by atoms with E-state index in [0.717, 1.165) is 13.0 Å². The van der Waals surface area contributed by atoms with Crippen LogP contribution in [0.3, 0.4) is 0 Å². The Morgan fingerprint density at radius 2 is 2.23 bits per heavy atom. The quantitative estimate of drug-likeness (QED) is 0.649. The SMILES string of the molecule is C=C(C(C)C)C1(C)CCC(=O)NC1. The van der Waals surface area contributed by atoms with Crippen LogP contribution in [-0.4, -0.2) is 12.5 Å². The molecule has 2 nitrogen and oxygen atoms in total. The first-order valence-corrected chi connectivity index (χ1v) is 4.92. The van der Waals surface area contributed by atoms with Crippen molar-refractivity contribution in [2.75, 3.05) is 6.54 Å². The first kappa shape index (κ1) is 10.3. The zero-order valence-corrected chi connectivity index (χ0v) is 8.81. The van der Waals surface area contributed by atoms with Crippen molar-refractivity contribution in [3.63, 3.8) is 0 Å². The Morgan fingerprint density at radius 3 is 2.62 bits per heavy atom. The summed E-state index contributed by atoms with van der Waals surface area (Å²) in [4.78, 5) is 11.0. The van der Waals surface area contributed by atoms with Crippen molar-refractivity contribution < 1.29 is 4.79 Å². The Balaban J connectivity index is 2.67. The van der Waals surface area contributed by atoms with Crippen LogP contribution in [0, 0.1) is 11.3 Å². The molecule has 13 heavy (non-hydrogen) atoms. The minimum absolute atomic E-state index is 0.113. The monoisotopic (exact) mass is 181 g/mol. The van der Waals surface area contributed by atoms with Crippen molar-refractivity contribution in [3.8, 4) is 0 Å². The molecule has 1 rings (SSSR count). The van der Waals surface area contributed by atoms with Gasteiger partial charge in [-0.05, 0) is 12.3 Å². The van der Waals surface area contributed by atoms with Crippen molar-refractivity contribution >= 4 is 5.91 Å². The second-order valence-corrected chi connectivity index (χ2v) is 4.52. The van der Waals surface area contributed by atoms with Gasteiger partial charge < -0.3 is 5.32 Å². The van der Waals surface area contributed by atoms with Gasteiger partial charge in [0.2, 0.25) is 5.91 Å². The van der Waals surface area contributed by atoms with Crippen molar-refractivity contribution in [1.82, 2.24) is 5.32 Å². The van der Waals surface area contributed by atoms with Gasteiger partial charge in [0.15, 0.2) is 0 Å². The first-order chi connectivity index (χ1) is 5.96. The van der Waals surface area contributed by atoms with Gasteiger partial charge in [-0.25, -0.2) is 0 Å². The van der Waals surface area contributed by atoms with Gasteiger partial charge in [-0.15, -0.1) is 0 Å². The van der Waals surface area contributed by atoms with Gasteiger partial charge in [-0.3, -0.25) is 4.79 Å². The van der Waals surface area contributed by atoms with E-state index >= 15 is 0 Å². The third-order valence-corrected chi connectivity index (χ3v) is 3.05. The molecule has 1 aliphatic heterocycles. The Morgan fingerprint density at radius 1 is 1.62 bits per heavy atom. The number of amides is 1. The number of rotatable bonds is 2. The van der Waals surface area contributed by atoms with Gasteiger partial charge in [0.1, 0.15) is 0 Å². The fourth-order valence-electron chi connectivity index (χ4n) is 1.83. The molecule has 0 saturated carbocycles. The van der Waals surface area contributed by atoms with Crippen LogP contribution in [0.15, 0.2) is 12.2 Å². The number of carbonyl (C=O) groups is 1. The first-order valence-electron chi connectivity index (χ1n) is 4.92. The highest BCUT2D eigenvalue weighted by Crippen LogP contribution is 2.36. The highest BCUT2D eigenvalue weighted by Gasteiger charge is 2.33. The maximum absolute atomic E-state index is 11.0. The molecule has 0 spiro atoms. The van der Waals surface area contributed by atoms with E-state index in [9.17, 15) is 4.79 Å². The Kier molecular flexibility index (Phi) is 2.79. The third kappa shape index (κ3) is 2.11. The van der Waals surface area contributed by atoms with E-state index in [0.29, 0.717) is 12.3 Å². The second-order valence-electron chi connectivity index (χ2n) is 4.52. The molecule has 0 bridgehead atoms. The molecular weight excluding hydrogens is 162 g/mol. The van der Waals surface area contributed by atoms with Gasteiger partial charge in [0.05, 0.1) is 0 Å². The number of piperidine rings is 1. The van der Waals surface area contributed by atoms with Crippen LogP contribution in [0.5, 0.6) is 0 Å². The van der Waals surface area contributed by atoms with Crippen LogP contribution in [-0.2, 0) is 4.79 Å². The van der Waals surface area contributed by atoms with Crippen molar-refractivity contribution in [2.45, 2.75) is 33.6 Å². The molecule has 2 heteroatoms. The fraction of sp³-hybridized carbons (Fsp3) is 0.727. The number of hydrogen-bond acceptors (Lipinski definition) is 1. The largest absolute Gasteiger partial charge is 0.355 e. The Bertz CT molecular complexity index is 220. The van der Waals surface area contributed by atoms with E-state index in [1.807, 2.05) is 0 Å². The van der Waals surface area contributed by atoms with Crippen LogP contribution in [0.25, 0.3) is 0 Å². The molecule has 0 aromatic heterocycles. The lowest BCUT2D eigenvalue weighted by Crippen LogP contribution is -2.43. The van der Waals surface area contributed by atoms with Crippen molar-refractivity contribution in [3.05, 3.63) is 12.2 Å². The van der Waals surface area contributed by atoms with Crippen LogP contribution in [0.2, 0.25) is 0 Å². The molecule has 1 aliphatic rings. The Labute approximate surface area is 80.4 Å². The number of carbonyl (C=O) groups excluding carboxylic acids is 1. The molecular formula is C11H19NO. The summed E-state index contributed by atoms with van der Waals surface area (Å²) < 4.78 is 0. The smallest absolute Gasteiger partial charge is 0.220 e. The van der Waals surface area contributed by atoms with E-state index in [2.05, 4.69) is 32.7 Å². The topological polar surface area (TPSA) is 29.1 Å². The van der Waals surface area contributed by atoms with Crippen LogP contribution >= 0.6 is 0 Å². The summed E-state index contributed by atoms with van der Waals surface area (Å²) in [6.07, 6.45) is 1.58. The van der Waals surface area contributed by atoms with E-state index in [1.54, 1.807) is 0 Å². The predicted molar refractivity (Wildman–Crippen MR) is 54.3 cm³/mol. The maximum atomic E-state index is 11.0. The average molecular weight is 181 g/mol. The molecule has 0 radical (unpaired) electrons. The second kappa shape index (κ2) is 3.52. The lowest BCUT2D eigenvalue weighted by atomic mass is 9.73. The zero-order chi connectivity index (χ0) is 10.1. The summed E-state index contributed by atoms with van der Waals surface area (Å²) in [6.45, 7) is 11.4. The highest BCUT2D eigenvalue weighted by atomic mass is 16.1. The van der Waals surface area contributed by atoms with Crippen LogP contribution in [0.1, 0.15) is 33.6 Å². The fourth-order valence-corrected chi connectivity index (χ4v) is 1.83. The number of hydrogen-bond donors (Lipinski definition) is 1. The standard InChI is InChI=1S/C11H19NO/c1-8(2)9(3)11(4)6-5-10(13)12-7-11/h8H,3,5-7H2,1-2,4H3,(H,12,13). The maximum Gasteiger partial charge on any atom is 0.220 e. The number of nitrogens with one attached hydrogen (secondary N) is 1. The summed E-state index contributed by atoms with van der Waals surface area (Å²) in [6, 6.07) is 0. The van der Waals surface area contributed by atoms with Crippen molar-refractivity contribution in [1.29, 1.82) is 0 Å². The summed E-state index contributed by atoms with van der Waals surface area (Å²) in [5.41, 5.74) is 1.37. The summed E-state index contributed by atoms with van der Waals surface area (Å²) >= 11 is 0. The van der Waals surface area contributed by atoms with Crippen molar-refractivity contribution in [2.24, 2.45) is 11.3 Å². The summed E-state index contributed by atoms with van der Waals surface area (Å²) in [7, 11) is 0. The van der Waals surface area contributed by atoms with E-state index in [1.165, 1.54) is 5.57 Å². The molecule has 0 aromatic carbocycles. The molecule has 0 aliphatic carbocycles. The lowest BCUT2D eigenvalue weighted by Gasteiger charge is -2.37. The minimum Gasteiger partial charge on any atom is -0.355 e.